The number of benzene rings is 2. The fourth-order valence-corrected chi connectivity index (χ4v) is 2.47. The number of ether oxygens (including phenoxy) is 1. The fourth-order valence-electron chi connectivity index (χ4n) is 2.23. The molecular weight excluding hydrogens is 264 g/mol. The van der Waals surface area contributed by atoms with Gasteiger partial charge in [0.1, 0.15) is 0 Å². The molecule has 0 atom stereocenters. The van der Waals surface area contributed by atoms with Crippen molar-refractivity contribution in [3.63, 3.8) is 0 Å². The molecular formula is C15H11ClO3. The van der Waals surface area contributed by atoms with E-state index >= 15 is 0 Å². The monoisotopic (exact) mass is 274 g/mol. The van der Waals surface area contributed by atoms with Crippen LogP contribution in [0, 0.1) is 0 Å². The van der Waals surface area contributed by atoms with Crippen molar-refractivity contribution in [2.45, 2.75) is 13.2 Å². The number of fused-ring (bicyclic) bond motifs is 1. The maximum Gasteiger partial charge on any atom is 0.335 e. The first-order valence-electron chi connectivity index (χ1n) is 5.87. The van der Waals surface area contributed by atoms with Crippen LogP contribution < -0.4 is 0 Å². The highest BCUT2D eigenvalue weighted by molar-refractivity contribution is 6.31. The molecule has 4 heteroatoms. The lowest BCUT2D eigenvalue weighted by atomic mass is 9.99. The number of halogens is 1. The Morgan fingerprint density at radius 1 is 1.05 bits per heavy atom. The Labute approximate surface area is 115 Å². The van der Waals surface area contributed by atoms with Crippen LogP contribution in [0.4, 0.5) is 0 Å². The van der Waals surface area contributed by atoms with E-state index in [9.17, 15) is 4.79 Å². The van der Waals surface area contributed by atoms with E-state index in [0.29, 0.717) is 18.2 Å². The van der Waals surface area contributed by atoms with Gasteiger partial charge in [-0.05, 0) is 46.5 Å². The highest BCUT2D eigenvalue weighted by atomic mass is 35.5. The van der Waals surface area contributed by atoms with Crippen LogP contribution >= 0.6 is 11.6 Å². The highest BCUT2D eigenvalue weighted by Gasteiger charge is 2.13. The van der Waals surface area contributed by atoms with Crippen LogP contribution in [0.2, 0.25) is 5.02 Å². The molecule has 0 saturated heterocycles. The van der Waals surface area contributed by atoms with Crippen LogP contribution in [0.25, 0.3) is 11.1 Å². The van der Waals surface area contributed by atoms with Gasteiger partial charge in [0.05, 0.1) is 18.8 Å². The minimum atomic E-state index is -0.978. The SMILES string of the molecule is O=C(O)c1cc(Cl)cc(-c2ccc3c(c2)COC3)c1. The van der Waals surface area contributed by atoms with Gasteiger partial charge in [-0.2, -0.15) is 0 Å². The molecule has 0 amide bonds. The molecule has 2 aromatic carbocycles. The molecule has 96 valence electrons. The normalized spacial score (nSPS) is 13.3. The van der Waals surface area contributed by atoms with Gasteiger partial charge in [-0.3, -0.25) is 0 Å². The second-order valence-electron chi connectivity index (χ2n) is 4.51. The Morgan fingerprint density at radius 2 is 1.84 bits per heavy atom. The molecule has 1 aliphatic heterocycles. The fraction of sp³-hybridized carbons (Fsp3) is 0.133. The number of carbonyl (C=O) groups is 1. The van der Waals surface area contributed by atoms with Gasteiger partial charge in [0, 0.05) is 5.02 Å². The largest absolute Gasteiger partial charge is 0.478 e. The van der Waals surface area contributed by atoms with Crippen molar-refractivity contribution in [1.29, 1.82) is 0 Å². The third-order valence-corrected chi connectivity index (χ3v) is 3.42. The van der Waals surface area contributed by atoms with Crippen LogP contribution in [0.1, 0.15) is 21.5 Å². The Bertz CT molecular complexity index is 664. The van der Waals surface area contributed by atoms with Gasteiger partial charge in [-0.25, -0.2) is 4.79 Å². The van der Waals surface area contributed by atoms with E-state index in [2.05, 4.69) is 0 Å². The molecule has 19 heavy (non-hydrogen) atoms. The lowest BCUT2D eigenvalue weighted by Crippen LogP contribution is -1.96. The molecule has 0 spiro atoms. The molecule has 0 fully saturated rings. The minimum absolute atomic E-state index is 0.194. The molecule has 0 bridgehead atoms. The molecule has 3 rings (SSSR count). The summed E-state index contributed by atoms with van der Waals surface area (Å²) in [5, 5.41) is 9.48. The number of hydrogen-bond acceptors (Lipinski definition) is 2. The molecule has 3 nitrogen and oxygen atoms in total. The average molecular weight is 275 g/mol. The van der Waals surface area contributed by atoms with E-state index in [-0.39, 0.29) is 5.56 Å². The first kappa shape index (κ1) is 12.2. The summed E-state index contributed by atoms with van der Waals surface area (Å²) in [6.07, 6.45) is 0. The van der Waals surface area contributed by atoms with E-state index in [1.807, 2.05) is 18.2 Å². The number of aromatic carboxylic acids is 1. The van der Waals surface area contributed by atoms with Crippen LogP contribution in [0.5, 0.6) is 0 Å². The van der Waals surface area contributed by atoms with Crippen molar-refractivity contribution in [3.8, 4) is 11.1 Å². The van der Waals surface area contributed by atoms with Crippen LogP contribution in [0.15, 0.2) is 36.4 Å². The molecule has 0 radical (unpaired) electrons. The number of hydrogen-bond donors (Lipinski definition) is 1. The summed E-state index contributed by atoms with van der Waals surface area (Å²) >= 11 is 5.97. The van der Waals surface area contributed by atoms with Crippen molar-refractivity contribution in [3.05, 3.63) is 58.1 Å². The van der Waals surface area contributed by atoms with Gasteiger partial charge in [0.25, 0.3) is 0 Å². The van der Waals surface area contributed by atoms with E-state index in [0.717, 1.165) is 16.7 Å². The molecule has 1 N–H and O–H groups in total. The van der Waals surface area contributed by atoms with Gasteiger partial charge < -0.3 is 9.84 Å². The lowest BCUT2D eigenvalue weighted by molar-refractivity contribution is 0.0697. The molecule has 0 aromatic heterocycles. The van der Waals surface area contributed by atoms with E-state index in [4.69, 9.17) is 21.4 Å². The van der Waals surface area contributed by atoms with Crippen molar-refractivity contribution in [2.75, 3.05) is 0 Å². The molecule has 1 aliphatic rings. The third-order valence-electron chi connectivity index (χ3n) is 3.20. The smallest absolute Gasteiger partial charge is 0.335 e. The predicted molar refractivity (Wildman–Crippen MR) is 72.3 cm³/mol. The van der Waals surface area contributed by atoms with E-state index < -0.39 is 5.97 Å². The van der Waals surface area contributed by atoms with Crippen LogP contribution in [-0.4, -0.2) is 11.1 Å². The second-order valence-corrected chi connectivity index (χ2v) is 4.95. The summed E-state index contributed by atoms with van der Waals surface area (Å²) in [5.74, 6) is -0.978. The van der Waals surface area contributed by atoms with Gasteiger partial charge >= 0.3 is 5.97 Å². The van der Waals surface area contributed by atoms with Gasteiger partial charge in [0.2, 0.25) is 0 Å². The van der Waals surface area contributed by atoms with Crippen molar-refractivity contribution >= 4 is 17.6 Å². The van der Waals surface area contributed by atoms with Crippen molar-refractivity contribution in [1.82, 2.24) is 0 Å². The zero-order valence-electron chi connectivity index (χ0n) is 10.0. The topological polar surface area (TPSA) is 46.5 Å². The molecule has 0 aliphatic carbocycles. The zero-order valence-corrected chi connectivity index (χ0v) is 10.8. The standard InChI is InChI=1S/C15H11ClO3/c16-14-5-11(4-12(6-14)15(17)18)9-1-2-10-7-19-8-13(10)3-9/h1-6H,7-8H2,(H,17,18). The summed E-state index contributed by atoms with van der Waals surface area (Å²) in [6.45, 7) is 1.25. The summed E-state index contributed by atoms with van der Waals surface area (Å²) in [7, 11) is 0. The molecule has 0 saturated carbocycles. The molecule has 0 unspecified atom stereocenters. The van der Waals surface area contributed by atoms with Gasteiger partial charge in [-0.1, -0.05) is 23.7 Å². The Morgan fingerprint density at radius 3 is 2.63 bits per heavy atom. The van der Waals surface area contributed by atoms with Gasteiger partial charge in [0.15, 0.2) is 0 Å². The number of rotatable bonds is 2. The third kappa shape index (κ3) is 2.35. The first-order chi connectivity index (χ1) is 9.13. The maximum atomic E-state index is 11.0. The lowest BCUT2D eigenvalue weighted by Gasteiger charge is -2.06. The summed E-state index contributed by atoms with van der Waals surface area (Å²) in [5.41, 5.74) is 4.28. The Balaban J connectivity index is 2.09. The number of carboxylic acid groups (broad SMARTS) is 1. The van der Waals surface area contributed by atoms with Crippen molar-refractivity contribution < 1.29 is 14.6 Å². The highest BCUT2D eigenvalue weighted by Crippen LogP contribution is 2.29. The number of carboxylic acids is 1. The first-order valence-corrected chi connectivity index (χ1v) is 6.25. The minimum Gasteiger partial charge on any atom is -0.478 e. The predicted octanol–water partition coefficient (Wildman–Crippen LogP) is 3.74. The molecule has 2 aromatic rings. The average Bonchev–Trinajstić information content (AvgIpc) is 2.85. The summed E-state index contributed by atoms with van der Waals surface area (Å²) in [4.78, 5) is 11.0. The Kier molecular flexibility index (Phi) is 3.01. The quantitative estimate of drug-likeness (QED) is 0.907. The van der Waals surface area contributed by atoms with Crippen molar-refractivity contribution in [2.24, 2.45) is 0 Å². The van der Waals surface area contributed by atoms with E-state index in [1.54, 1.807) is 12.1 Å². The summed E-state index contributed by atoms with van der Waals surface area (Å²) in [6, 6.07) is 10.9. The maximum absolute atomic E-state index is 11.0. The zero-order chi connectivity index (χ0) is 13.4. The van der Waals surface area contributed by atoms with Crippen LogP contribution in [-0.2, 0) is 18.0 Å². The molecule has 1 heterocycles. The Hall–Kier alpha value is -1.84. The van der Waals surface area contributed by atoms with Crippen LogP contribution in [0.3, 0.4) is 0 Å². The summed E-state index contributed by atoms with van der Waals surface area (Å²) < 4.78 is 5.37. The second kappa shape index (κ2) is 4.68. The van der Waals surface area contributed by atoms with Gasteiger partial charge in [-0.15, -0.1) is 0 Å². The van der Waals surface area contributed by atoms with E-state index in [1.165, 1.54) is 11.6 Å².